The summed E-state index contributed by atoms with van der Waals surface area (Å²) in [5, 5.41) is 2.90. The van der Waals surface area contributed by atoms with Gasteiger partial charge in [-0.2, -0.15) is 11.8 Å². The third kappa shape index (κ3) is 6.30. The highest BCUT2D eigenvalue weighted by atomic mass is 32.2. The zero-order valence-electron chi connectivity index (χ0n) is 12.3. The average molecular weight is 295 g/mol. The second-order valence-corrected chi connectivity index (χ2v) is 5.78. The number of nitrogens with two attached hydrogens (primary N) is 1. The summed E-state index contributed by atoms with van der Waals surface area (Å²) in [5.41, 5.74) is 6.99. The van der Waals surface area contributed by atoms with E-state index in [9.17, 15) is 4.79 Å². The van der Waals surface area contributed by atoms with E-state index in [4.69, 9.17) is 5.73 Å². The van der Waals surface area contributed by atoms with Crippen LogP contribution < -0.4 is 16.0 Å². The Bertz CT molecular complexity index is 386. The van der Waals surface area contributed by atoms with Crippen molar-refractivity contribution in [1.82, 2.24) is 5.32 Å². The number of benzene rings is 1. The Labute approximate surface area is 126 Å². The summed E-state index contributed by atoms with van der Waals surface area (Å²) >= 11 is 1.71. The van der Waals surface area contributed by atoms with Crippen molar-refractivity contribution in [3.8, 4) is 0 Å². The number of carbonyl (C=O) groups is 1. The predicted molar refractivity (Wildman–Crippen MR) is 88.3 cm³/mol. The number of para-hydroxylation sites is 1. The number of rotatable bonds is 9. The number of amides is 1. The molecular formula is C15H25N3OS. The van der Waals surface area contributed by atoms with Gasteiger partial charge in [0.05, 0.1) is 6.04 Å². The second-order valence-electron chi connectivity index (χ2n) is 4.79. The van der Waals surface area contributed by atoms with E-state index in [2.05, 4.69) is 29.4 Å². The van der Waals surface area contributed by atoms with Crippen molar-refractivity contribution in [2.24, 2.45) is 5.73 Å². The Morgan fingerprint density at radius 2 is 2.10 bits per heavy atom. The molecule has 0 saturated heterocycles. The van der Waals surface area contributed by atoms with Gasteiger partial charge in [-0.3, -0.25) is 4.79 Å². The van der Waals surface area contributed by atoms with Crippen LogP contribution in [0.1, 0.15) is 12.8 Å². The van der Waals surface area contributed by atoms with Gasteiger partial charge in [-0.05, 0) is 37.0 Å². The molecule has 0 bridgehead atoms. The predicted octanol–water partition coefficient (Wildman–Crippen LogP) is 1.71. The molecule has 1 atom stereocenters. The number of nitrogens with zero attached hydrogens (tertiary/aromatic N) is 1. The Hall–Kier alpha value is -1.20. The van der Waals surface area contributed by atoms with Crippen molar-refractivity contribution in [2.75, 3.05) is 37.0 Å². The van der Waals surface area contributed by atoms with Gasteiger partial charge in [-0.1, -0.05) is 18.2 Å². The lowest BCUT2D eigenvalue weighted by Gasteiger charge is -2.19. The highest BCUT2D eigenvalue weighted by molar-refractivity contribution is 7.98. The van der Waals surface area contributed by atoms with E-state index in [1.54, 1.807) is 11.8 Å². The van der Waals surface area contributed by atoms with E-state index in [1.165, 1.54) is 5.69 Å². The molecule has 112 valence electrons. The van der Waals surface area contributed by atoms with Crippen LogP contribution in [0.5, 0.6) is 0 Å². The molecule has 4 nitrogen and oxygen atoms in total. The summed E-state index contributed by atoms with van der Waals surface area (Å²) in [6.07, 6.45) is 3.66. The molecule has 0 aromatic heterocycles. The third-order valence-corrected chi connectivity index (χ3v) is 3.78. The summed E-state index contributed by atoms with van der Waals surface area (Å²) in [7, 11) is 2.06. The number of nitrogens with one attached hydrogen (secondary N) is 1. The van der Waals surface area contributed by atoms with Gasteiger partial charge >= 0.3 is 0 Å². The highest BCUT2D eigenvalue weighted by Gasteiger charge is 2.11. The molecule has 0 spiro atoms. The molecule has 0 unspecified atom stereocenters. The lowest BCUT2D eigenvalue weighted by atomic mass is 10.2. The fraction of sp³-hybridized carbons (Fsp3) is 0.533. The molecule has 20 heavy (non-hydrogen) atoms. The van der Waals surface area contributed by atoms with Gasteiger partial charge in [0.25, 0.3) is 0 Å². The van der Waals surface area contributed by atoms with Crippen LogP contribution in [-0.4, -0.2) is 44.1 Å². The Balaban J connectivity index is 2.17. The molecule has 1 aromatic rings. The van der Waals surface area contributed by atoms with Gasteiger partial charge in [0.1, 0.15) is 0 Å². The molecule has 0 saturated carbocycles. The molecular weight excluding hydrogens is 270 g/mol. The van der Waals surface area contributed by atoms with Crippen molar-refractivity contribution in [3.05, 3.63) is 30.3 Å². The topological polar surface area (TPSA) is 58.4 Å². The minimum atomic E-state index is -0.380. The van der Waals surface area contributed by atoms with E-state index in [-0.39, 0.29) is 11.9 Å². The molecule has 0 fully saturated rings. The molecule has 0 aliphatic heterocycles. The molecule has 0 radical (unpaired) electrons. The first-order chi connectivity index (χ1) is 9.65. The van der Waals surface area contributed by atoms with Gasteiger partial charge in [-0.25, -0.2) is 0 Å². The van der Waals surface area contributed by atoms with E-state index in [0.717, 1.165) is 25.1 Å². The SMILES string of the molecule is CSCC[C@H](N)C(=O)NCCCN(C)c1ccccc1. The Morgan fingerprint density at radius 1 is 1.40 bits per heavy atom. The smallest absolute Gasteiger partial charge is 0.236 e. The number of carbonyl (C=O) groups excluding carboxylic acids is 1. The van der Waals surface area contributed by atoms with Crippen molar-refractivity contribution in [1.29, 1.82) is 0 Å². The first-order valence-electron chi connectivity index (χ1n) is 6.93. The molecule has 0 aliphatic carbocycles. The van der Waals surface area contributed by atoms with E-state index in [1.807, 2.05) is 24.5 Å². The van der Waals surface area contributed by atoms with Gasteiger partial charge in [-0.15, -0.1) is 0 Å². The Kier molecular flexibility index (Phi) is 8.14. The largest absolute Gasteiger partial charge is 0.375 e. The van der Waals surface area contributed by atoms with Gasteiger partial charge in [0.2, 0.25) is 5.91 Å². The number of hydrogen-bond donors (Lipinski definition) is 2. The van der Waals surface area contributed by atoms with Crippen molar-refractivity contribution >= 4 is 23.4 Å². The van der Waals surface area contributed by atoms with Crippen LogP contribution in [0, 0.1) is 0 Å². The minimum Gasteiger partial charge on any atom is -0.375 e. The molecule has 3 N–H and O–H groups in total. The summed E-state index contributed by atoms with van der Waals surface area (Å²) in [6, 6.07) is 9.84. The first kappa shape index (κ1) is 16.9. The van der Waals surface area contributed by atoms with Crippen LogP contribution in [-0.2, 0) is 4.79 Å². The Morgan fingerprint density at radius 3 is 2.75 bits per heavy atom. The van der Waals surface area contributed by atoms with Crippen molar-refractivity contribution in [3.63, 3.8) is 0 Å². The quantitative estimate of drug-likeness (QED) is 0.681. The molecule has 1 aromatic carbocycles. The molecule has 1 amide bonds. The maximum absolute atomic E-state index is 11.7. The van der Waals surface area contributed by atoms with Gasteiger partial charge in [0.15, 0.2) is 0 Å². The normalized spacial score (nSPS) is 11.9. The summed E-state index contributed by atoms with van der Waals surface area (Å²) in [4.78, 5) is 13.9. The van der Waals surface area contributed by atoms with Gasteiger partial charge < -0.3 is 16.0 Å². The van der Waals surface area contributed by atoms with Crippen LogP contribution >= 0.6 is 11.8 Å². The van der Waals surface area contributed by atoms with Gasteiger partial charge in [0, 0.05) is 25.8 Å². The van der Waals surface area contributed by atoms with Crippen LogP contribution in [0.4, 0.5) is 5.69 Å². The van der Waals surface area contributed by atoms with Crippen LogP contribution in [0.2, 0.25) is 0 Å². The van der Waals surface area contributed by atoms with Crippen molar-refractivity contribution < 1.29 is 4.79 Å². The summed E-state index contributed by atoms with van der Waals surface area (Å²) in [6.45, 7) is 1.58. The van der Waals surface area contributed by atoms with Crippen LogP contribution in [0.15, 0.2) is 30.3 Å². The van der Waals surface area contributed by atoms with Crippen LogP contribution in [0.3, 0.4) is 0 Å². The zero-order valence-corrected chi connectivity index (χ0v) is 13.2. The fourth-order valence-corrected chi connectivity index (χ4v) is 2.34. The second kappa shape index (κ2) is 9.66. The standard InChI is InChI=1S/C15H25N3OS/c1-18(13-7-4-3-5-8-13)11-6-10-17-15(19)14(16)9-12-20-2/h3-5,7-8,14H,6,9-12,16H2,1-2H3,(H,17,19)/t14-/m0/s1. The third-order valence-electron chi connectivity index (χ3n) is 3.14. The number of anilines is 1. The summed E-state index contributed by atoms with van der Waals surface area (Å²) < 4.78 is 0. The molecule has 0 aliphatic rings. The molecule has 1 rings (SSSR count). The fourth-order valence-electron chi connectivity index (χ4n) is 1.85. The monoisotopic (exact) mass is 295 g/mol. The zero-order chi connectivity index (χ0) is 14.8. The molecule has 5 heteroatoms. The average Bonchev–Trinajstić information content (AvgIpc) is 2.49. The highest BCUT2D eigenvalue weighted by Crippen LogP contribution is 2.10. The first-order valence-corrected chi connectivity index (χ1v) is 8.33. The maximum atomic E-state index is 11.7. The molecule has 0 heterocycles. The lowest BCUT2D eigenvalue weighted by molar-refractivity contribution is -0.122. The van der Waals surface area contributed by atoms with Crippen LogP contribution in [0.25, 0.3) is 0 Å². The minimum absolute atomic E-state index is 0.0404. The lowest BCUT2D eigenvalue weighted by Crippen LogP contribution is -2.41. The van der Waals surface area contributed by atoms with E-state index >= 15 is 0 Å². The number of hydrogen-bond acceptors (Lipinski definition) is 4. The summed E-state index contributed by atoms with van der Waals surface area (Å²) in [5.74, 6) is 0.882. The maximum Gasteiger partial charge on any atom is 0.236 e. The van der Waals surface area contributed by atoms with E-state index < -0.39 is 0 Å². The number of thioether (sulfide) groups is 1. The van der Waals surface area contributed by atoms with Crippen molar-refractivity contribution in [2.45, 2.75) is 18.9 Å². The van der Waals surface area contributed by atoms with E-state index in [0.29, 0.717) is 6.54 Å².